The molecule has 0 N–H and O–H groups in total. The highest BCUT2D eigenvalue weighted by atomic mass is 32.1. The molecule has 5 aromatic rings. The highest BCUT2D eigenvalue weighted by molar-refractivity contribution is 7.18. The number of carbonyl (C=O) groups excluding carboxylic acids is 1. The molecule has 0 aliphatic heterocycles. The highest BCUT2D eigenvalue weighted by Gasteiger charge is 2.21. The fourth-order valence-electron chi connectivity index (χ4n) is 3.01. The van der Waals surface area contributed by atoms with Gasteiger partial charge in [-0.05, 0) is 34.7 Å². The van der Waals surface area contributed by atoms with Crippen LogP contribution < -0.4 is 0 Å². The second kappa shape index (κ2) is 8.33. The minimum absolute atomic E-state index is 0.0382. The van der Waals surface area contributed by atoms with Crippen molar-refractivity contribution in [3.63, 3.8) is 0 Å². The Balaban J connectivity index is 1.46. The van der Waals surface area contributed by atoms with Crippen LogP contribution in [0.1, 0.15) is 10.8 Å². The van der Waals surface area contributed by atoms with Crippen molar-refractivity contribution in [1.82, 2.24) is 25.2 Å². The second-order valence-corrected chi connectivity index (χ2v) is 7.59. The van der Waals surface area contributed by atoms with Gasteiger partial charge in [0.1, 0.15) is 17.4 Å². The molecule has 0 atom stereocenters. The third-order valence-electron chi connectivity index (χ3n) is 4.43. The van der Waals surface area contributed by atoms with Gasteiger partial charge in [-0.15, -0.1) is 16.4 Å². The first-order valence-corrected chi connectivity index (χ1v) is 10.2. The molecule has 0 spiro atoms. The molecule has 3 aromatic heterocycles. The maximum atomic E-state index is 13.1. The van der Waals surface area contributed by atoms with Crippen molar-refractivity contribution in [1.29, 1.82) is 0 Å². The lowest BCUT2D eigenvalue weighted by molar-refractivity contribution is -0.138. The van der Waals surface area contributed by atoms with Crippen LogP contribution >= 0.6 is 11.3 Å². The minimum Gasteiger partial charge on any atom is -0.465 e. The van der Waals surface area contributed by atoms with Crippen molar-refractivity contribution in [2.24, 2.45) is 0 Å². The SMILES string of the molecule is O=C(OCc1nc2ccccc2s1)C(=Cc1ccco1)n1nnnc1-c1ccccc1. The zero-order valence-electron chi connectivity index (χ0n) is 16.1. The average molecular weight is 429 g/mol. The maximum absolute atomic E-state index is 13.1. The summed E-state index contributed by atoms with van der Waals surface area (Å²) in [5.74, 6) is 0.289. The maximum Gasteiger partial charge on any atom is 0.357 e. The summed E-state index contributed by atoms with van der Waals surface area (Å²) in [5, 5.41) is 12.5. The molecule has 31 heavy (non-hydrogen) atoms. The van der Waals surface area contributed by atoms with E-state index in [1.54, 1.807) is 18.2 Å². The van der Waals surface area contributed by atoms with E-state index in [1.807, 2.05) is 54.6 Å². The number of thiazole rings is 1. The first kappa shape index (κ1) is 18.9. The van der Waals surface area contributed by atoms with E-state index >= 15 is 0 Å². The summed E-state index contributed by atoms with van der Waals surface area (Å²) in [6, 6.07) is 20.6. The van der Waals surface area contributed by atoms with Crippen molar-refractivity contribution in [3.8, 4) is 11.4 Å². The second-order valence-electron chi connectivity index (χ2n) is 6.48. The monoisotopic (exact) mass is 429 g/mol. The number of esters is 1. The molecule has 2 aromatic carbocycles. The van der Waals surface area contributed by atoms with E-state index in [0.29, 0.717) is 16.6 Å². The van der Waals surface area contributed by atoms with E-state index in [1.165, 1.54) is 22.3 Å². The summed E-state index contributed by atoms with van der Waals surface area (Å²) in [6.07, 6.45) is 3.07. The van der Waals surface area contributed by atoms with E-state index in [9.17, 15) is 4.79 Å². The zero-order chi connectivity index (χ0) is 21.0. The molecule has 0 radical (unpaired) electrons. The molecule has 0 saturated heterocycles. The Hall–Kier alpha value is -4.11. The summed E-state index contributed by atoms with van der Waals surface area (Å²) in [6.45, 7) is 0.0382. The molecule has 8 nitrogen and oxygen atoms in total. The summed E-state index contributed by atoms with van der Waals surface area (Å²) in [5.41, 5.74) is 1.76. The number of tetrazole rings is 1. The number of fused-ring (bicyclic) bond motifs is 1. The standard InChI is InChI=1S/C22H15N5O3S/c28-22(30-14-20-23-17-10-4-5-11-19(17)31-20)18(13-16-9-6-12-29-16)27-21(24-25-26-27)15-7-2-1-3-8-15/h1-13H,14H2. The first-order valence-electron chi connectivity index (χ1n) is 9.39. The first-order chi connectivity index (χ1) is 15.3. The van der Waals surface area contributed by atoms with Gasteiger partial charge in [0, 0.05) is 11.6 Å². The van der Waals surface area contributed by atoms with Crippen LogP contribution in [0.2, 0.25) is 0 Å². The number of aromatic nitrogens is 5. The smallest absolute Gasteiger partial charge is 0.357 e. The molecular weight excluding hydrogens is 414 g/mol. The normalized spacial score (nSPS) is 11.7. The highest BCUT2D eigenvalue weighted by Crippen LogP contribution is 2.24. The summed E-state index contributed by atoms with van der Waals surface area (Å²) >= 11 is 1.48. The third kappa shape index (κ3) is 3.99. The molecule has 0 aliphatic carbocycles. The number of furan rings is 1. The van der Waals surface area contributed by atoms with Gasteiger partial charge in [0.15, 0.2) is 11.5 Å². The molecule has 0 saturated carbocycles. The van der Waals surface area contributed by atoms with Crippen LogP contribution in [0.5, 0.6) is 0 Å². The fraction of sp³-hybridized carbons (Fsp3) is 0.0455. The van der Waals surface area contributed by atoms with Crippen molar-refractivity contribution in [2.75, 3.05) is 0 Å². The average Bonchev–Trinajstić information content (AvgIpc) is 3.56. The van der Waals surface area contributed by atoms with Gasteiger partial charge in [-0.1, -0.05) is 42.5 Å². The molecule has 0 fully saturated rings. The van der Waals surface area contributed by atoms with Crippen molar-refractivity contribution in [2.45, 2.75) is 6.61 Å². The zero-order valence-corrected chi connectivity index (χ0v) is 16.9. The number of carbonyl (C=O) groups is 1. The number of hydrogen-bond donors (Lipinski definition) is 0. The largest absolute Gasteiger partial charge is 0.465 e. The molecule has 5 rings (SSSR count). The van der Waals surface area contributed by atoms with Gasteiger partial charge in [0.2, 0.25) is 0 Å². The van der Waals surface area contributed by atoms with Crippen LogP contribution in [-0.2, 0) is 16.1 Å². The molecule has 0 bridgehead atoms. The van der Waals surface area contributed by atoms with Gasteiger partial charge in [-0.25, -0.2) is 9.78 Å². The molecule has 152 valence electrons. The Labute approximate surface area is 180 Å². The van der Waals surface area contributed by atoms with Gasteiger partial charge in [-0.3, -0.25) is 0 Å². The van der Waals surface area contributed by atoms with E-state index in [-0.39, 0.29) is 12.3 Å². The molecule has 9 heteroatoms. The molecular formula is C22H15N5O3S. The fourth-order valence-corrected chi connectivity index (χ4v) is 3.89. The number of benzene rings is 2. The number of hydrogen-bond acceptors (Lipinski definition) is 8. The van der Waals surface area contributed by atoms with E-state index in [4.69, 9.17) is 9.15 Å². The van der Waals surface area contributed by atoms with Crippen LogP contribution in [0, 0.1) is 0 Å². The van der Waals surface area contributed by atoms with Gasteiger partial charge in [-0.2, -0.15) is 4.68 Å². The number of nitrogens with zero attached hydrogens (tertiary/aromatic N) is 5. The van der Waals surface area contributed by atoms with Crippen LogP contribution in [0.3, 0.4) is 0 Å². The number of rotatable bonds is 6. The quantitative estimate of drug-likeness (QED) is 0.293. The predicted octanol–water partition coefficient (Wildman–Crippen LogP) is 4.28. The molecule has 0 amide bonds. The van der Waals surface area contributed by atoms with Crippen LogP contribution in [0.15, 0.2) is 77.4 Å². The Bertz CT molecular complexity index is 1320. The third-order valence-corrected chi connectivity index (χ3v) is 5.44. The lowest BCUT2D eigenvalue weighted by atomic mass is 10.2. The topological polar surface area (TPSA) is 95.9 Å². The summed E-state index contributed by atoms with van der Waals surface area (Å²) in [7, 11) is 0. The van der Waals surface area contributed by atoms with Gasteiger partial charge in [0.05, 0.1) is 16.5 Å². The van der Waals surface area contributed by atoms with E-state index in [2.05, 4.69) is 20.5 Å². The van der Waals surface area contributed by atoms with Gasteiger partial charge in [0.25, 0.3) is 0 Å². The van der Waals surface area contributed by atoms with Gasteiger partial charge < -0.3 is 9.15 Å². The Kier molecular flexibility index (Phi) is 5.07. The molecule has 3 heterocycles. The number of ether oxygens (including phenoxy) is 1. The lowest BCUT2D eigenvalue weighted by Crippen LogP contribution is -2.15. The summed E-state index contributed by atoms with van der Waals surface area (Å²) < 4.78 is 13.3. The Morgan fingerprint density at radius 2 is 1.90 bits per heavy atom. The van der Waals surface area contributed by atoms with Crippen LogP contribution in [0.4, 0.5) is 0 Å². The van der Waals surface area contributed by atoms with Crippen LogP contribution in [0.25, 0.3) is 33.4 Å². The molecule has 0 aliphatic rings. The van der Waals surface area contributed by atoms with Crippen molar-refractivity contribution in [3.05, 3.63) is 83.8 Å². The number of para-hydroxylation sites is 1. The van der Waals surface area contributed by atoms with Crippen molar-refractivity contribution >= 4 is 39.3 Å². The Morgan fingerprint density at radius 1 is 1.06 bits per heavy atom. The van der Waals surface area contributed by atoms with Crippen LogP contribution in [-0.4, -0.2) is 31.2 Å². The van der Waals surface area contributed by atoms with Crippen molar-refractivity contribution < 1.29 is 13.9 Å². The van der Waals surface area contributed by atoms with E-state index in [0.717, 1.165) is 15.8 Å². The molecule has 0 unspecified atom stereocenters. The summed E-state index contributed by atoms with van der Waals surface area (Å²) in [4.78, 5) is 17.6. The van der Waals surface area contributed by atoms with E-state index < -0.39 is 5.97 Å². The predicted molar refractivity (Wildman–Crippen MR) is 116 cm³/mol. The minimum atomic E-state index is -0.597. The van der Waals surface area contributed by atoms with Gasteiger partial charge >= 0.3 is 5.97 Å². The Morgan fingerprint density at radius 3 is 2.71 bits per heavy atom. The lowest BCUT2D eigenvalue weighted by Gasteiger charge is -2.09.